The summed E-state index contributed by atoms with van der Waals surface area (Å²) in [6, 6.07) is 0.742. The lowest BCUT2D eigenvalue weighted by Crippen LogP contribution is -2.53. The van der Waals surface area contributed by atoms with Gasteiger partial charge < -0.3 is 14.4 Å². The third kappa shape index (κ3) is 6.31. The fourth-order valence-electron chi connectivity index (χ4n) is 2.51. The number of anilines is 1. The average Bonchev–Trinajstić information content (AvgIpc) is 3.08. The number of amides is 2. The van der Waals surface area contributed by atoms with E-state index < -0.39 is 17.9 Å². The van der Waals surface area contributed by atoms with Crippen LogP contribution in [0.15, 0.2) is 6.07 Å². The van der Waals surface area contributed by atoms with Gasteiger partial charge in [-0.15, -0.1) is 11.3 Å². The second kappa shape index (κ2) is 11.0. The van der Waals surface area contributed by atoms with Crippen molar-refractivity contribution in [3.63, 3.8) is 0 Å². The Kier molecular flexibility index (Phi) is 9.34. The van der Waals surface area contributed by atoms with Crippen molar-refractivity contribution >= 4 is 34.8 Å². The molecule has 0 bridgehead atoms. The molecule has 0 saturated carbocycles. The predicted octanol–water partition coefficient (Wildman–Crippen LogP) is 2.63. The van der Waals surface area contributed by atoms with Gasteiger partial charge in [0.05, 0.1) is 24.3 Å². The largest absolute Gasteiger partial charge is 0.465 e. The summed E-state index contributed by atoms with van der Waals surface area (Å²) in [7, 11) is 5.95. The molecule has 1 aromatic heterocycles. The molecule has 1 rings (SSSR count). The van der Waals surface area contributed by atoms with E-state index in [4.69, 9.17) is 9.47 Å². The molecule has 0 aliphatic heterocycles. The fourth-order valence-corrected chi connectivity index (χ4v) is 3.44. The van der Waals surface area contributed by atoms with E-state index in [-0.39, 0.29) is 29.2 Å². The maximum absolute atomic E-state index is 13.1. The van der Waals surface area contributed by atoms with Crippen LogP contribution in [0.25, 0.3) is 0 Å². The first-order valence-corrected chi connectivity index (χ1v) is 10.1. The average molecular weight is 423 g/mol. The van der Waals surface area contributed by atoms with E-state index in [1.54, 1.807) is 34.0 Å². The Hall–Kier alpha value is -2.37. The SMILES string of the molecule is COCC(C(=O)N(C)C)N(C(=O)C(C)C)c1cc(C#CC(C)C)sc1C(=O)OC. The lowest BCUT2D eigenvalue weighted by atomic mass is 10.1. The molecule has 160 valence electrons. The summed E-state index contributed by atoms with van der Waals surface area (Å²) in [5.74, 6) is 4.63. The molecule has 1 heterocycles. The Labute approximate surface area is 177 Å². The molecule has 2 amide bonds. The highest BCUT2D eigenvalue weighted by Crippen LogP contribution is 2.33. The van der Waals surface area contributed by atoms with E-state index in [1.807, 2.05) is 13.8 Å². The van der Waals surface area contributed by atoms with Crippen LogP contribution in [0.4, 0.5) is 5.69 Å². The summed E-state index contributed by atoms with van der Waals surface area (Å²) in [6.45, 7) is 7.38. The van der Waals surface area contributed by atoms with Gasteiger partial charge in [0.1, 0.15) is 10.9 Å². The van der Waals surface area contributed by atoms with Crippen LogP contribution in [0.3, 0.4) is 0 Å². The molecule has 1 unspecified atom stereocenters. The molecule has 1 atom stereocenters. The van der Waals surface area contributed by atoms with E-state index in [2.05, 4.69) is 11.8 Å². The highest BCUT2D eigenvalue weighted by atomic mass is 32.1. The number of esters is 1. The van der Waals surface area contributed by atoms with Crippen molar-refractivity contribution in [2.24, 2.45) is 11.8 Å². The molecule has 0 spiro atoms. The summed E-state index contributed by atoms with van der Waals surface area (Å²) >= 11 is 1.14. The maximum Gasteiger partial charge on any atom is 0.350 e. The van der Waals surface area contributed by atoms with E-state index in [9.17, 15) is 14.4 Å². The Balaban J connectivity index is 3.70. The van der Waals surface area contributed by atoms with E-state index >= 15 is 0 Å². The van der Waals surface area contributed by atoms with Crippen molar-refractivity contribution in [2.45, 2.75) is 33.7 Å². The normalized spacial score (nSPS) is 11.7. The minimum absolute atomic E-state index is 0.0149. The molecule has 0 saturated heterocycles. The Morgan fingerprint density at radius 3 is 2.17 bits per heavy atom. The van der Waals surface area contributed by atoms with Crippen molar-refractivity contribution in [1.29, 1.82) is 0 Å². The Morgan fingerprint density at radius 1 is 1.10 bits per heavy atom. The van der Waals surface area contributed by atoms with Crippen LogP contribution in [0.1, 0.15) is 42.2 Å². The summed E-state index contributed by atoms with van der Waals surface area (Å²) in [5, 5.41) is 0. The van der Waals surface area contributed by atoms with Gasteiger partial charge in [0.15, 0.2) is 0 Å². The van der Waals surface area contributed by atoms with Gasteiger partial charge in [0.2, 0.25) is 11.8 Å². The van der Waals surface area contributed by atoms with Crippen LogP contribution in [0.5, 0.6) is 0 Å². The van der Waals surface area contributed by atoms with Gasteiger partial charge >= 0.3 is 5.97 Å². The van der Waals surface area contributed by atoms with Crippen LogP contribution in [0, 0.1) is 23.7 Å². The Bertz CT molecular complexity index is 802. The lowest BCUT2D eigenvalue weighted by molar-refractivity contribution is -0.134. The molecular weight excluding hydrogens is 392 g/mol. The number of carbonyl (C=O) groups excluding carboxylic acids is 3. The van der Waals surface area contributed by atoms with Crippen molar-refractivity contribution < 1.29 is 23.9 Å². The summed E-state index contributed by atoms with van der Waals surface area (Å²) in [4.78, 5) is 42.0. The van der Waals surface area contributed by atoms with Crippen molar-refractivity contribution in [1.82, 2.24) is 4.90 Å². The third-order valence-corrected chi connectivity index (χ3v) is 4.94. The lowest BCUT2D eigenvalue weighted by Gasteiger charge is -2.33. The Morgan fingerprint density at radius 2 is 1.72 bits per heavy atom. The second-order valence-corrected chi connectivity index (χ2v) is 8.36. The number of thiophene rings is 1. The number of nitrogens with zero attached hydrogens (tertiary/aromatic N) is 2. The first-order valence-electron chi connectivity index (χ1n) is 9.31. The standard InChI is InChI=1S/C21H30N2O5S/c1-13(2)9-10-15-11-16(18(29-15)21(26)28-8)23(19(24)14(3)4)17(12-27-7)20(25)22(5)6/h11,13-14,17H,12H2,1-8H3. The zero-order valence-corrected chi connectivity index (χ0v) is 19.2. The zero-order chi connectivity index (χ0) is 22.3. The van der Waals surface area contributed by atoms with Gasteiger partial charge in [-0.1, -0.05) is 39.5 Å². The van der Waals surface area contributed by atoms with Gasteiger partial charge in [-0.05, 0) is 6.07 Å². The van der Waals surface area contributed by atoms with Crippen LogP contribution < -0.4 is 4.90 Å². The van der Waals surface area contributed by atoms with E-state index in [1.165, 1.54) is 24.0 Å². The van der Waals surface area contributed by atoms with Crippen molar-refractivity contribution in [3.8, 4) is 11.8 Å². The molecule has 7 nitrogen and oxygen atoms in total. The first kappa shape index (κ1) is 24.7. The first-order chi connectivity index (χ1) is 13.5. The van der Waals surface area contributed by atoms with Gasteiger partial charge in [-0.25, -0.2) is 4.79 Å². The molecule has 0 aliphatic rings. The number of methoxy groups -OCH3 is 2. The topological polar surface area (TPSA) is 76.2 Å². The number of ether oxygens (including phenoxy) is 2. The second-order valence-electron chi connectivity index (χ2n) is 7.31. The predicted molar refractivity (Wildman–Crippen MR) is 114 cm³/mol. The van der Waals surface area contributed by atoms with Gasteiger partial charge in [-0.3, -0.25) is 14.5 Å². The highest BCUT2D eigenvalue weighted by molar-refractivity contribution is 7.15. The molecular formula is C21H30N2O5S. The number of hydrogen-bond donors (Lipinski definition) is 0. The van der Waals surface area contributed by atoms with Crippen LogP contribution in [0.2, 0.25) is 0 Å². The monoisotopic (exact) mass is 422 g/mol. The van der Waals surface area contributed by atoms with Crippen LogP contribution in [-0.2, 0) is 19.1 Å². The van der Waals surface area contributed by atoms with Gasteiger partial charge in [-0.2, -0.15) is 0 Å². The molecule has 0 radical (unpaired) electrons. The minimum atomic E-state index is -0.922. The highest BCUT2D eigenvalue weighted by Gasteiger charge is 2.36. The molecule has 0 aromatic carbocycles. The number of hydrogen-bond acceptors (Lipinski definition) is 6. The minimum Gasteiger partial charge on any atom is -0.465 e. The summed E-state index contributed by atoms with van der Waals surface area (Å²) in [5.41, 5.74) is 0.311. The van der Waals surface area contributed by atoms with Gasteiger partial charge in [0.25, 0.3) is 0 Å². The zero-order valence-electron chi connectivity index (χ0n) is 18.4. The molecule has 1 aromatic rings. The molecule has 0 aliphatic carbocycles. The van der Waals surface area contributed by atoms with Crippen molar-refractivity contribution in [3.05, 3.63) is 15.8 Å². The molecule has 0 N–H and O–H groups in total. The summed E-state index contributed by atoms with van der Waals surface area (Å²) < 4.78 is 10.2. The number of carbonyl (C=O) groups is 3. The van der Waals surface area contributed by atoms with E-state index in [0.29, 0.717) is 10.6 Å². The van der Waals surface area contributed by atoms with Crippen molar-refractivity contribution in [2.75, 3.05) is 39.8 Å². The third-order valence-electron chi connectivity index (χ3n) is 3.92. The molecule has 29 heavy (non-hydrogen) atoms. The number of likely N-dealkylation sites (N-methyl/N-ethyl adjacent to an activating group) is 1. The molecule has 0 fully saturated rings. The smallest absolute Gasteiger partial charge is 0.350 e. The van der Waals surface area contributed by atoms with Gasteiger partial charge in [0, 0.05) is 33.0 Å². The van der Waals surface area contributed by atoms with E-state index in [0.717, 1.165) is 11.3 Å². The maximum atomic E-state index is 13.1. The summed E-state index contributed by atoms with van der Waals surface area (Å²) in [6.07, 6.45) is 0. The molecule has 8 heteroatoms. The van der Waals surface area contributed by atoms with Crippen LogP contribution >= 0.6 is 11.3 Å². The number of rotatable bonds is 7. The quantitative estimate of drug-likeness (QED) is 0.499. The fraction of sp³-hybridized carbons (Fsp3) is 0.571. The van der Waals surface area contributed by atoms with Crippen LogP contribution in [-0.4, -0.2) is 63.6 Å².